The van der Waals surface area contributed by atoms with Gasteiger partial charge in [-0.25, -0.2) is 9.59 Å². The van der Waals surface area contributed by atoms with Gasteiger partial charge in [0.1, 0.15) is 11.7 Å². The van der Waals surface area contributed by atoms with E-state index in [4.69, 9.17) is 9.47 Å². The van der Waals surface area contributed by atoms with Gasteiger partial charge < -0.3 is 19.7 Å². The number of rotatable bonds is 4. The molecule has 180 valence electrons. The van der Waals surface area contributed by atoms with Crippen molar-refractivity contribution in [3.8, 4) is 0 Å². The average Bonchev–Trinajstić information content (AvgIpc) is 3.12. The van der Waals surface area contributed by atoms with E-state index in [-0.39, 0.29) is 12.2 Å². The number of ether oxygens (including phenoxy) is 2. The second kappa shape index (κ2) is 8.52. The van der Waals surface area contributed by atoms with E-state index in [1.54, 1.807) is 4.90 Å². The van der Waals surface area contributed by atoms with Crippen LogP contribution in [0, 0.1) is 23.7 Å². The van der Waals surface area contributed by atoms with Crippen molar-refractivity contribution in [2.75, 3.05) is 13.1 Å². The highest BCUT2D eigenvalue weighted by Gasteiger charge is 2.51. The number of likely N-dealkylation sites (tertiary alicyclic amines) is 1. The molecule has 0 unspecified atom stereocenters. The van der Waals surface area contributed by atoms with Gasteiger partial charge in [-0.05, 0) is 95.0 Å². The molecule has 4 bridgehead atoms. The van der Waals surface area contributed by atoms with E-state index >= 15 is 0 Å². The minimum atomic E-state index is -0.575. The normalized spacial score (nSPS) is 34.9. The van der Waals surface area contributed by atoms with Crippen LogP contribution in [0.5, 0.6) is 0 Å². The number of hydrogen-bond acceptors (Lipinski definition) is 4. The highest BCUT2D eigenvalue weighted by Crippen LogP contribution is 2.54. The third kappa shape index (κ3) is 4.99. The average molecular weight is 455 g/mol. The number of amides is 2. The molecule has 1 aromatic rings. The lowest BCUT2D eigenvalue weighted by Crippen LogP contribution is -2.54. The summed E-state index contributed by atoms with van der Waals surface area (Å²) in [5.74, 6) is 2.79. The monoisotopic (exact) mass is 454 g/mol. The second-order valence-electron chi connectivity index (χ2n) is 12.0. The fourth-order valence-corrected chi connectivity index (χ4v) is 7.08. The Bertz CT molecular complexity index is 852. The molecule has 6 rings (SSSR count). The Morgan fingerprint density at radius 2 is 1.67 bits per heavy atom. The van der Waals surface area contributed by atoms with E-state index in [1.807, 2.05) is 39.0 Å². The lowest BCUT2D eigenvalue weighted by atomic mass is 9.55. The van der Waals surface area contributed by atoms with Crippen LogP contribution in [0.4, 0.5) is 9.59 Å². The molecule has 4 saturated carbocycles. The summed E-state index contributed by atoms with van der Waals surface area (Å²) in [6.07, 6.45) is 7.04. The molecule has 0 aromatic heterocycles. The van der Waals surface area contributed by atoms with Crippen molar-refractivity contribution in [2.45, 2.75) is 83.0 Å². The first-order chi connectivity index (χ1) is 15.7. The van der Waals surface area contributed by atoms with Crippen molar-refractivity contribution in [1.29, 1.82) is 0 Å². The maximum Gasteiger partial charge on any atom is 0.410 e. The molecule has 0 radical (unpaired) electrons. The van der Waals surface area contributed by atoms with Crippen LogP contribution in [-0.2, 0) is 15.9 Å². The zero-order chi connectivity index (χ0) is 23.2. The topological polar surface area (TPSA) is 67.9 Å². The Morgan fingerprint density at radius 3 is 2.27 bits per heavy atom. The predicted octanol–water partition coefficient (Wildman–Crippen LogP) is 5.16. The number of nitrogens with one attached hydrogen (secondary N) is 1. The maximum absolute atomic E-state index is 13.3. The maximum atomic E-state index is 13.3. The first kappa shape index (κ1) is 22.5. The summed E-state index contributed by atoms with van der Waals surface area (Å²) < 4.78 is 11.7. The van der Waals surface area contributed by atoms with Crippen molar-refractivity contribution < 1.29 is 19.1 Å². The van der Waals surface area contributed by atoms with Gasteiger partial charge in [-0.15, -0.1) is 0 Å². The molecule has 1 aromatic carbocycles. The van der Waals surface area contributed by atoms with Gasteiger partial charge >= 0.3 is 12.2 Å². The zero-order valence-corrected chi connectivity index (χ0v) is 20.2. The summed E-state index contributed by atoms with van der Waals surface area (Å²) in [5.41, 5.74) is -0.00796. The molecule has 2 amide bonds. The Labute approximate surface area is 197 Å². The summed E-state index contributed by atoms with van der Waals surface area (Å²) in [4.78, 5) is 27.8. The molecule has 5 fully saturated rings. The Morgan fingerprint density at radius 1 is 1.03 bits per heavy atom. The molecule has 1 aliphatic heterocycles. The van der Waals surface area contributed by atoms with Gasteiger partial charge in [-0.1, -0.05) is 30.3 Å². The largest absolute Gasteiger partial charge is 0.446 e. The Hall–Kier alpha value is -2.24. The van der Waals surface area contributed by atoms with Crippen LogP contribution in [0.15, 0.2) is 30.3 Å². The van der Waals surface area contributed by atoms with Gasteiger partial charge in [0.25, 0.3) is 0 Å². The fraction of sp³-hybridized carbons (Fsp3) is 0.704. The molecule has 5 aliphatic rings. The summed E-state index contributed by atoms with van der Waals surface area (Å²) in [7, 11) is 0. The Kier molecular flexibility index (Phi) is 5.82. The molecule has 1 atom stereocenters. The van der Waals surface area contributed by atoms with Crippen LogP contribution >= 0.6 is 0 Å². The van der Waals surface area contributed by atoms with Crippen LogP contribution in [0.3, 0.4) is 0 Å². The van der Waals surface area contributed by atoms with Crippen molar-refractivity contribution in [2.24, 2.45) is 23.7 Å². The molecule has 6 nitrogen and oxygen atoms in total. The van der Waals surface area contributed by atoms with Crippen molar-refractivity contribution >= 4 is 12.2 Å². The third-order valence-electron chi connectivity index (χ3n) is 8.14. The van der Waals surface area contributed by atoms with Crippen molar-refractivity contribution in [1.82, 2.24) is 10.2 Å². The van der Waals surface area contributed by atoms with Gasteiger partial charge in [0.15, 0.2) is 0 Å². The number of nitrogens with zero attached hydrogens (tertiary/aromatic N) is 1. The molecule has 1 heterocycles. The van der Waals surface area contributed by atoms with E-state index < -0.39 is 17.2 Å². The molecule has 0 spiro atoms. The molecule has 1 N–H and O–H groups in total. The quantitative estimate of drug-likeness (QED) is 0.682. The molecule has 33 heavy (non-hydrogen) atoms. The highest BCUT2D eigenvalue weighted by molar-refractivity contribution is 5.71. The second-order valence-corrected chi connectivity index (χ2v) is 12.0. The summed E-state index contributed by atoms with van der Waals surface area (Å²) in [6.45, 7) is 6.60. The van der Waals surface area contributed by atoms with Gasteiger partial charge in [-0.2, -0.15) is 0 Å². The van der Waals surface area contributed by atoms with Crippen LogP contribution in [0.1, 0.15) is 64.9 Å². The van der Waals surface area contributed by atoms with Gasteiger partial charge in [0.2, 0.25) is 0 Å². The fourth-order valence-electron chi connectivity index (χ4n) is 7.08. The van der Waals surface area contributed by atoms with Crippen LogP contribution < -0.4 is 5.32 Å². The summed E-state index contributed by atoms with van der Waals surface area (Å²) in [5, 5.41) is 3.13. The molecule has 1 saturated heterocycles. The summed E-state index contributed by atoms with van der Waals surface area (Å²) >= 11 is 0. The third-order valence-corrected chi connectivity index (χ3v) is 8.14. The molecule has 6 heteroatoms. The van der Waals surface area contributed by atoms with Gasteiger partial charge in [0, 0.05) is 13.1 Å². The van der Waals surface area contributed by atoms with E-state index in [0.717, 1.165) is 17.4 Å². The van der Waals surface area contributed by atoms with E-state index in [1.165, 1.54) is 32.1 Å². The lowest BCUT2D eigenvalue weighted by Gasteiger charge is -2.53. The smallest absolute Gasteiger partial charge is 0.410 e. The minimum Gasteiger partial charge on any atom is -0.446 e. The van der Waals surface area contributed by atoms with E-state index in [2.05, 4.69) is 17.4 Å². The van der Waals surface area contributed by atoms with Gasteiger partial charge in [0.05, 0.1) is 5.54 Å². The van der Waals surface area contributed by atoms with Crippen LogP contribution in [0.2, 0.25) is 0 Å². The number of benzene rings is 1. The standard InChI is InChI=1S/C27H38N2O4/c1-26(2,3)33-24(30)28-27(16-18-7-5-4-6-8-18)9-10-29(17-27)25(31)32-23-21-12-19-11-20(14-21)15-22(23)13-19/h4-8,19-23H,9-17H2,1-3H3,(H,28,30)/t19?,20?,21?,22?,23?,27-/m0/s1. The highest BCUT2D eigenvalue weighted by atomic mass is 16.6. The van der Waals surface area contributed by atoms with E-state index in [9.17, 15) is 9.59 Å². The SMILES string of the molecule is CC(C)(C)OC(=O)N[C@]1(Cc2ccccc2)CCN(C(=O)OC2C3CC4CC(C3)CC2C4)C1. The first-order valence-electron chi connectivity index (χ1n) is 12.7. The Balaban J connectivity index is 1.26. The van der Waals surface area contributed by atoms with Gasteiger partial charge in [-0.3, -0.25) is 0 Å². The molecular formula is C27H38N2O4. The molecular weight excluding hydrogens is 416 g/mol. The zero-order valence-electron chi connectivity index (χ0n) is 20.2. The van der Waals surface area contributed by atoms with E-state index in [0.29, 0.717) is 37.8 Å². The molecule has 4 aliphatic carbocycles. The van der Waals surface area contributed by atoms with Crippen LogP contribution in [-0.4, -0.2) is 47.4 Å². The van der Waals surface area contributed by atoms with Crippen molar-refractivity contribution in [3.63, 3.8) is 0 Å². The first-order valence-corrected chi connectivity index (χ1v) is 12.7. The lowest BCUT2D eigenvalue weighted by molar-refractivity contribution is -0.102. The number of alkyl carbamates (subject to hydrolysis) is 1. The number of carbonyl (C=O) groups excluding carboxylic acids is 2. The predicted molar refractivity (Wildman–Crippen MR) is 126 cm³/mol. The number of carbonyl (C=O) groups is 2. The summed E-state index contributed by atoms with van der Waals surface area (Å²) in [6, 6.07) is 10.1. The number of hydrogen-bond donors (Lipinski definition) is 1. The van der Waals surface area contributed by atoms with Crippen molar-refractivity contribution in [3.05, 3.63) is 35.9 Å². The van der Waals surface area contributed by atoms with Crippen LogP contribution in [0.25, 0.3) is 0 Å². The minimum absolute atomic E-state index is 0.0771.